The van der Waals surface area contributed by atoms with Gasteiger partial charge < -0.3 is 19.3 Å². The summed E-state index contributed by atoms with van der Waals surface area (Å²) in [5.74, 6) is 0.0494. The molecule has 2 aliphatic rings. The highest BCUT2D eigenvalue weighted by atomic mass is 35.5. The summed E-state index contributed by atoms with van der Waals surface area (Å²) in [7, 11) is 0. The fraction of sp³-hybridized carbons (Fsp3) is 0.529. The van der Waals surface area contributed by atoms with Gasteiger partial charge >= 0.3 is 0 Å². The quantitative estimate of drug-likeness (QED) is 0.799. The number of aryl methyl sites for hydroxylation is 1. The maximum Gasteiger partial charge on any atom is 0.253 e. The summed E-state index contributed by atoms with van der Waals surface area (Å²) >= 11 is 7.77. The van der Waals surface area contributed by atoms with E-state index in [-0.39, 0.29) is 5.91 Å². The van der Waals surface area contributed by atoms with Gasteiger partial charge in [0.1, 0.15) is 0 Å². The fourth-order valence-electron chi connectivity index (χ4n) is 3.24. The maximum absolute atomic E-state index is 12.7. The minimum atomic E-state index is -0.441. The lowest BCUT2D eigenvalue weighted by Crippen LogP contribution is -2.53. The van der Waals surface area contributed by atoms with Crippen molar-refractivity contribution in [2.45, 2.75) is 13.0 Å². The minimum Gasteiger partial charge on any atom is -0.378 e. The van der Waals surface area contributed by atoms with E-state index in [0.717, 1.165) is 32.5 Å². The number of hydrogen-bond acceptors (Lipinski definition) is 6. The number of fused-ring (bicyclic) bond motifs is 1. The summed E-state index contributed by atoms with van der Waals surface area (Å²) < 4.78 is 12.1. The fourth-order valence-corrected chi connectivity index (χ4v) is 4.69. The van der Waals surface area contributed by atoms with Crippen molar-refractivity contribution in [3.63, 3.8) is 0 Å². The van der Waals surface area contributed by atoms with Crippen LogP contribution in [0, 0.1) is 6.92 Å². The Hall–Kier alpha value is -1.41. The zero-order valence-electron chi connectivity index (χ0n) is 14.0. The van der Waals surface area contributed by atoms with Crippen molar-refractivity contribution in [1.82, 2.24) is 9.88 Å². The molecule has 3 heterocycles. The lowest BCUT2D eigenvalue weighted by molar-refractivity contribution is -0.148. The van der Waals surface area contributed by atoms with Crippen LogP contribution < -0.4 is 4.90 Å². The lowest BCUT2D eigenvalue weighted by Gasteiger charge is -2.36. The molecule has 6 nitrogen and oxygen atoms in total. The third-order valence-electron chi connectivity index (χ3n) is 4.57. The molecule has 1 unspecified atom stereocenters. The molecule has 0 bridgehead atoms. The van der Waals surface area contributed by atoms with E-state index in [1.54, 1.807) is 11.3 Å². The van der Waals surface area contributed by atoms with Crippen LogP contribution in [-0.2, 0) is 14.3 Å². The van der Waals surface area contributed by atoms with E-state index in [2.05, 4.69) is 4.90 Å². The SMILES string of the molecule is Cc1cc(Cl)cc2sc(N3CCOC(C(=O)N4CCOCC4)C3)nc12. The molecular formula is C17H20ClN3O3S. The molecule has 1 amide bonds. The van der Waals surface area contributed by atoms with Crippen molar-refractivity contribution in [3.05, 3.63) is 22.7 Å². The van der Waals surface area contributed by atoms with Gasteiger partial charge in [0.2, 0.25) is 0 Å². The van der Waals surface area contributed by atoms with Gasteiger partial charge in [-0.15, -0.1) is 0 Å². The monoisotopic (exact) mass is 381 g/mol. The van der Waals surface area contributed by atoms with Gasteiger partial charge in [0.05, 0.1) is 36.6 Å². The van der Waals surface area contributed by atoms with Crippen molar-refractivity contribution in [2.75, 3.05) is 50.9 Å². The maximum atomic E-state index is 12.7. The number of carbonyl (C=O) groups excluding carboxylic acids is 1. The molecule has 1 atom stereocenters. The van der Waals surface area contributed by atoms with E-state index in [1.807, 2.05) is 24.0 Å². The van der Waals surface area contributed by atoms with Gasteiger partial charge in [0.25, 0.3) is 5.91 Å². The summed E-state index contributed by atoms with van der Waals surface area (Å²) in [6.07, 6.45) is -0.441. The number of thiazole rings is 1. The predicted octanol–water partition coefficient (Wildman–Crippen LogP) is 2.32. The number of nitrogens with zero attached hydrogens (tertiary/aromatic N) is 3. The second kappa shape index (κ2) is 7.07. The third-order valence-corrected chi connectivity index (χ3v) is 5.86. The van der Waals surface area contributed by atoms with Gasteiger partial charge in [-0.05, 0) is 24.6 Å². The molecule has 0 spiro atoms. The molecule has 0 radical (unpaired) electrons. The van der Waals surface area contributed by atoms with Crippen LogP contribution in [0.5, 0.6) is 0 Å². The standard InChI is InChI=1S/C17H20ClN3O3S/c1-11-8-12(18)9-14-15(11)19-17(25-14)21-4-7-24-13(10-21)16(22)20-2-5-23-6-3-20/h8-9,13H,2-7,10H2,1H3. The number of hydrogen-bond donors (Lipinski definition) is 0. The second-order valence-corrected chi connectivity index (χ2v) is 7.75. The van der Waals surface area contributed by atoms with E-state index < -0.39 is 6.10 Å². The highest BCUT2D eigenvalue weighted by Crippen LogP contribution is 2.33. The summed E-state index contributed by atoms with van der Waals surface area (Å²) in [5, 5.41) is 1.64. The van der Waals surface area contributed by atoms with Gasteiger partial charge in [-0.1, -0.05) is 22.9 Å². The van der Waals surface area contributed by atoms with Crippen molar-refractivity contribution in [2.24, 2.45) is 0 Å². The Morgan fingerprint density at radius 1 is 1.28 bits per heavy atom. The van der Waals surface area contributed by atoms with Crippen molar-refractivity contribution < 1.29 is 14.3 Å². The summed E-state index contributed by atoms with van der Waals surface area (Å²) in [6, 6.07) is 3.87. The zero-order chi connectivity index (χ0) is 17.4. The molecule has 2 saturated heterocycles. The molecule has 0 saturated carbocycles. The number of aromatic nitrogens is 1. The first-order chi connectivity index (χ1) is 12.1. The molecule has 0 aliphatic carbocycles. The predicted molar refractivity (Wildman–Crippen MR) is 98.7 cm³/mol. The Morgan fingerprint density at radius 2 is 2.08 bits per heavy atom. The molecule has 8 heteroatoms. The van der Waals surface area contributed by atoms with Crippen LogP contribution in [0.25, 0.3) is 10.2 Å². The summed E-state index contributed by atoms with van der Waals surface area (Å²) in [6.45, 7) is 6.27. The minimum absolute atomic E-state index is 0.0494. The molecule has 4 rings (SSSR count). The Labute approximate surface area is 155 Å². The van der Waals surface area contributed by atoms with Gasteiger partial charge in [-0.2, -0.15) is 0 Å². The first kappa shape index (κ1) is 17.0. The van der Waals surface area contributed by atoms with Crippen LogP contribution in [0.1, 0.15) is 5.56 Å². The third kappa shape index (κ3) is 3.46. The normalized spacial score (nSPS) is 21.8. The van der Waals surface area contributed by atoms with E-state index in [4.69, 9.17) is 26.1 Å². The van der Waals surface area contributed by atoms with E-state index in [9.17, 15) is 4.79 Å². The molecule has 1 aromatic heterocycles. The Bertz CT molecular complexity index is 791. The summed E-state index contributed by atoms with van der Waals surface area (Å²) in [4.78, 5) is 21.4. The molecular weight excluding hydrogens is 362 g/mol. The van der Waals surface area contributed by atoms with Crippen LogP contribution >= 0.6 is 22.9 Å². The van der Waals surface area contributed by atoms with E-state index in [0.29, 0.717) is 39.5 Å². The Balaban J connectivity index is 1.53. The second-order valence-electron chi connectivity index (χ2n) is 6.31. The molecule has 0 N–H and O–H groups in total. The number of rotatable bonds is 2. The molecule has 2 fully saturated rings. The molecule has 2 aliphatic heterocycles. The van der Waals surface area contributed by atoms with Gasteiger partial charge in [0.15, 0.2) is 11.2 Å². The largest absolute Gasteiger partial charge is 0.378 e. The van der Waals surface area contributed by atoms with Gasteiger partial charge in [-0.25, -0.2) is 4.98 Å². The summed E-state index contributed by atoms with van der Waals surface area (Å²) in [5.41, 5.74) is 2.05. The zero-order valence-corrected chi connectivity index (χ0v) is 15.6. The van der Waals surface area contributed by atoms with Gasteiger partial charge in [0, 0.05) is 24.7 Å². The lowest BCUT2D eigenvalue weighted by atomic mass is 10.2. The topological polar surface area (TPSA) is 54.9 Å². The number of morpholine rings is 2. The first-order valence-corrected chi connectivity index (χ1v) is 9.61. The van der Waals surface area contributed by atoms with Crippen LogP contribution in [0.2, 0.25) is 5.02 Å². The van der Waals surface area contributed by atoms with E-state index >= 15 is 0 Å². The van der Waals surface area contributed by atoms with Crippen molar-refractivity contribution in [1.29, 1.82) is 0 Å². The van der Waals surface area contributed by atoms with Gasteiger partial charge in [-0.3, -0.25) is 4.79 Å². The number of benzene rings is 1. The smallest absolute Gasteiger partial charge is 0.253 e. The highest BCUT2D eigenvalue weighted by molar-refractivity contribution is 7.22. The van der Waals surface area contributed by atoms with Crippen molar-refractivity contribution in [3.8, 4) is 0 Å². The highest BCUT2D eigenvalue weighted by Gasteiger charge is 2.32. The molecule has 134 valence electrons. The number of amides is 1. The average molecular weight is 382 g/mol. The Morgan fingerprint density at radius 3 is 2.88 bits per heavy atom. The Kier molecular flexibility index (Phi) is 4.82. The first-order valence-electron chi connectivity index (χ1n) is 8.41. The van der Waals surface area contributed by atoms with Crippen LogP contribution in [0.15, 0.2) is 12.1 Å². The van der Waals surface area contributed by atoms with Crippen LogP contribution in [0.3, 0.4) is 0 Å². The molecule has 25 heavy (non-hydrogen) atoms. The van der Waals surface area contributed by atoms with E-state index in [1.165, 1.54) is 0 Å². The average Bonchev–Trinajstić information content (AvgIpc) is 3.06. The number of carbonyl (C=O) groups is 1. The van der Waals surface area contributed by atoms with Crippen molar-refractivity contribution >= 4 is 44.2 Å². The number of anilines is 1. The molecule has 2 aromatic rings. The molecule has 1 aromatic carbocycles. The van der Waals surface area contributed by atoms with Crippen LogP contribution in [-0.4, -0.2) is 67.9 Å². The number of halogens is 1. The number of ether oxygens (including phenoxy) is 2. The van der Waals surface area contributed by atoms with Crippen LogP contribution in [0.4, 0.5) is 5.13 Å².